The summed E-state index contributed by atoms with van der Waals surface area (Å²) in [6, 6.07) is 84.2. The van der Waals surface area contributed by atoms with Gasteiger partial charge >= 0.3 is 0 Å². The molecule has 0 saturated heterocycles. The van der Waals surface area contributed by atoms with Crippen LogP contribution < -0.4 is 82.4 Å². The maximum absolute atomic E-state index is 14.4. The molecule has 20 rings (SSSR count). The fraction of sp³-hybridized carbons (Fsp3) is 0.0789. The van der Waals surface area contributed by atoms with Crippen molar-refractivity contribution in [2.45, 2.75) is 58.4 Å². The Kier molecular flexibility index (Phi) is 30.9. The monoisotopic (exact) mass is 1980 g/mol. The largest absolute Gasteiger partial charge is 0.407 e. The Labute approximate surface area is 850 Å². The van der Waals surface area contributed by atoms with Gasteiger partial charge in [0.05, 0.1) is 111 Å². The molecule has 0 radical (unpaired) electrons. The number of nitrogens with one attached hydrogen (secondary N) is 10. The van der Waals surface area contributed by atoms with Gasteiger partial charge in [-0.3, -0.25) is 48.9 Å². The van der Waals surface area contributed by atoms with Gasteiger partial charge in [-0.05, 0) is 139 Å². The third kappa shape index (κ3) is 21.5. The number of aromatic amines is 5. The van der Waals surface area contributed by atoms with Crippen molar-refractivity contribution in [3.8, 4) is 56.3 Å². The molecule has 3 unspecified atom stereocenters. The number of hydrogen-bond acceptors (Lipinski definition) is 20. The predicted molar refractivity (Wildman–Crippen MR) is 590 cm³/mol. The minimum Gasteiger partial charge on any atom is -0.407 e. The Bertz CT molecular complexity index is 8920. The third-order valence-corrected chi connectivity index (χ3v) is 24.9. The molecule has 722 valence electrons. The molecule has 147 heavy (non-hydrogen) atoms. The molecule has 0 aliphatic heterocycles. The molecule has 3 atom stereocenters. The van der Waals surface area contributed by atoms with Crippen molar-refractivity contribution < 1.29 is 4.39 Å². The summed E-state index contributed by atoms with van der Waals surface area (Å²) in [4.78, 5) is 122. The van der Waals surface area contributed by atoms with Gasteiger partial charge < -0.3 is 80.2 Å². The number of rotatable bonds is 21. The average molecular weight is 1980 g/mol. The lowest BCUT2D eigenvalue weighted by Crippen LogP contribution is -2.22. The van der Waals surface area contributed by atoms with E-state index in [2.05, 4.69) is 101 Å². The molecule has 0 fully saturated rings. The number of H-pyrrole nitrogens is 5. The normalized spacial score (nSPS) is 11.3. The Morgan fingerprint density at radius 1 is 0.320 bits per heavy atom. The zero-order chi connectivity index (χ0) is 103. The lowest BCUT2D eigenvalue weighted by Gasteiger charge is -2.22. The first-order chi connectivity index (χ1) is 71.4. The highest BCUT2D eigenvalue weighted by Gasteiger charge is 2.29. The smallest absolute Gasteiger partial charge is 0.250 e. The second-order valence-corrected chi connectivity index (χ2v) is 34.2. The summed E-state index contributed by atoms with van der Waals surface area (Å²) < 4.78 is 14.4. The van der Waals surface area contributed by atoms with Crippen LogP contribution in [-0.4, -0.2) is 49.8 Å². The fourth-order valence-electron chi connectivity index (χ4n) is 17.1. The van der Waals surface area contributed by atoms with Crippen molar-refractivity contribution >= 4 is 164 Å². The quantitative estimate of drug-likeness (QED) is 0.0297. The van der Waals surface area contributed by atoms with E-state index in [0.717, 1.165) is 50.2 Å². The van der Waals surface area contributed by atoms with Gasteiger partial charge in [-0.2, -0.15) is 0 Å². The highest BCUT2D eigenvalue weighted by Crippen LogP contribution is 2.42. The summed E-state index contributed by atoms with van der Waals surface area (Å²) in [5.74, 6) is 1.20. The van der Waals surface area contributed by atoms with E-state index >= 15 is 0 Å². The van der Waals surface area contributed by atoms with Gasteiger partial charge in [-0.15, -0.1) is 0 Å². The Balaban J connectivity index is 0.000000131. The summed E-state index contributed by atoms with van der Waals surface area (Å²) >= 11 is 12.7. The van der Waals surface area contributed by atoms with E-state index in [0.29, 0.717) is 146 Å². The number of pyridine rings is 10. The highest BCUT2D eigenvalue weighted by atomic mass is 35.5. The van der Waals surface area contributed by atoms with E-state index in [1.165, 1.54) is 36.9 Å². The summed E-state index contributed by atoms with van der Waals surface area (Å²) in [6.07, 6.45) is 8.26. The van der Waals surface area contributed by atoms with E-state index < -0.39 is 17.9 Å². The lowest BCUT2D eigenvalue weighted by atomic mass is 9.95. The zero-order valence-corrected chi connectivity index (χ0v) is 80.4. The first-order valence-electron chi connectivity index (χ1n) is 45.9. The fourth-order valence-corrected chi connectivity index (χ4v) is 17.6. The average Bonchev–Trinajstić information content (AvgIpc) is 0.770. The van der Waals surface area contributed by atoms with Gasteiger partial charge in [0.15, 0.2) is 27.1 Å². The number of aromatic nitrogens is 10. The number of fused-ring (bicyclic) bond motifs is 5. The number of halogens is 3. The number of benzene rings is 10. The molecule has 0 aliphatic carbocycles. The van der Waals surface area contributed by atoms with Crippen molar-refractivity contribution in [2.75, 3.05) is 55.3 Å². The lowest BCUT2D eigenvalue weighted by molar-refractivity contribution is 0.636. The van der Waals surface area contributed by atoms with Gasteiger partial charge in [-0.1, -0.05) is 224 Å². The Hall–Kier alpha value is -20.0. The third-order valence-electron chi connectivity index (χ3n) is 24.2. The van der Waals surface area contributed by atoms with Crippen LogP contribution in [0.2, 0.25) is 10.0 Å². The van der Waals surface area contributed by atoms with Gasteiger partial charge in [0.1, 0.15) is 34.9 Å². The van der Waals surface area contributed by atoms with E-state index in [1.54, 1.807) is 85.9 Å². The van der Waals surface area contributed by atoms with Crippen LogP contribution >= 0.6 is 23.2 Å². The summed E-state index contributed by atoms with van der Waals surface area (Å²) in [5, 5.41) is 19.1. The first-order valence-corrected chi connectivity index (χ1v) is 46.6. The van der Waals surface area contributed by atoms with Crippen molar-refractivity contribution in [3.63, 3.8) is 0 Å². The van der Waals surface area contributed by atoms with E-state index in [4.69, 9.17) is 84.7 Å². The van der Waals surface area contributed by atoms with E-state index in [9.17, 15) is 28.4 Å². The van der Waals surface area contributed by atoms with Crippen LogP contribution in [0.4, 0.5) is 90.4 Å². The topological polar surface area (TPSA) is 441 Å². The number of nitrogens with zero attached hydrogens (tertiary/aromatic N) is 10. The molecule has 0 aliphatic rings. The van der Waals surface area contributed by atoms with Crippen LogP contribution in [0.3, 0.4) is 0 Å². The minimum absolute atomic E-state index is 0.0455. The second kappa shape index (κ2) is 45.5. The first kappa shape index (κ1) is 100.0. The van der Waals surface area contributed by atoms with Crippen molar-refractivity contribution in [2.24, 2.45) is 0 Å². The van der Waals surface area contributed by atoms with E-state index in [-0.39, 0.29) is 91.4 Å². The molecular formula is C114H90Cl2FN25O5. The van der Waals surface area contributed by atoms with Crippen molar-refractivity contribution in [1.82, 2.24) is 49.8 Å². The molecule has 0 bridgehead atoms. The van der Waals surface area contributed by atoms with Crippen LogP contribution in [-0.2, 0) is 13.1 Å². The van der Waals surface area contributed by atoms with Gasteiger partial charge in [0.25, 0.3) is 0 Å². The van der Waals surface area contributed by atoms with Crippen molar-refractivity contribution in [3.05, 3.63) is 468 Å². The SMILES string of the molecule is [C-]#[N+]c1c(N)ccnc1NC(C)c1c(-c2ccccc2)[nH]c2c(F)cccc2c1=O.[C-]#[N+]c1c(N)ccnc1NC(C)c1c(-c2ccccc2)[nH]c2cccc(Cl)c2c1=O.[C-]#[N+]c1c(N)ccnc1NC(CC)c1c(-c2ccccc2)[nH]c2ccccc2c1=O.[C-]#[N+]c1c(N)ccnc1NCc1c(-c2ccccc2)[nH]c2c(Cl)cccc2c1=O.[C-]#[N+]c1c(N)ccnc1NCc1c(-c2ccccc2)[nH]c2ccccc2c1=O. The van der Waals surface area contributed by atoms with Gasteiger partial charge in [-0.25, -0.2) is 28.6 Å². The van der Waals surface area contributed by atoms with Crippen LogP contribution in [0.15, 0.2) is 340 Å². The van der Waals surface area contributed by atoms with Crippen LogP contribution in [0.1, 0.15) is 73.1 Å². The number of hydrogen-bond donors (Lipinski definition) is 15. The molecule has 10 aromatic heterocycles. The highest BCUT2D eigenvalue weighted by molar-refractivity contribution is 6.35. The van der Waals surface area contributed by atoms with E-state index in [1.807, 2.05) is 214 Å². The molecule has 0 amide bonds. The zero-order valence-electron chi connectivity index (χ0n) is 78.9. The predicted octanol–water partition coefficient (Wildman–Crippen LogP) is 25.2. The molecule has 20 aromatic rings. The molecular weight excluding hydrogens is 1890 g/mol. The molecule has 0 spiro atoms. The number of nitrogen functional groups attached to an aromatic ring is 5. The Morgan fingerprint density at radius 3 is 1.05 bits per heavy atom. The summed E-state index contributed by atoms with van der Waals surface area (Å²) in [5.41, 5.74) is 44.8. The number of anilines is 10. The second-order valence-electron chi connectivity index (χ2n) is 33.3. The maximum atomic E-state index is 14.4. The van der Waals surface area contributed by atoms with Gasteiger partial charge in [0, 0.05) is 133 Å². The van der Waals surface area contributed by atoms with Crippen molar-refractivity contribution in [1.29, 1.82) is 0 Å². The molecule has 0 saturated carbocycles. The minimum atomic E-state index is -0.536. The molecule has 10 heterocycles. The Morgan fingerprint density at radius 2 is 0.619 bits per heavy atom. The molecule has 10 aromatic carbocycles. The molecule has 20 N–H and O–H groups in total. The maximum Gasteiger partial charge on any atom is 0.250 e. The van der Waals surface area contributed by atoms with Gasteiger partial charge in [0.2, 0.25) is 28.4 Å². The van der Waals surface area contributed by atoms with Crippen LogP contribution in [0.25, 0.3) is 135 Å². The standard InChI is InChI=1S/C24H21N5O.C23H18ClN5O.C23H18FN5O.C22H16ClN5O.C22H17N5O/c1-3-18(29-24-22(26-2)17(25)13-14-27-24)20-21(15-9-5-4-6-10-15)28-19-12-8-7-11-16(19)23(20)30;1-13(28-23-21(26-2)16(25)11-12-27-23)18-20(14-7-4-3-5-8-14)29-17-10-6-9-15(24)19(17)22(18)30;1-13(28-23-21(26-2)17(25)11-12-27-23)18-19(14-7-4-3-5-8-14)29-20-15(22(18)30)9-6-10-16(20)24;1-25-20-17(24)10-11-26-22(20)27-12-15-18(13-6-3-2-4-7-13)28-19-14(21(15)29)8-5-9-16(19)23;1-24-20-17(23)11-12-25-22(20)26-13-16-19(14-7-3-2-4-8-14)27-18-10-6-5-9-15(18)21(16)28/h4-14,18H,3H2,1H3,(H,28,30)(H3,25,27,29);2*3-13H,1H3,(H,29,30)(H3,25,27,28);2-11H,12H2,(H,28,29)(H3,24,26,27);2-12H,13H2,(H,27,28)(H3,23,25,26). The summed E-state index contributed by atoms with van der Waals surface area (Å²) in [7, 11) is 0. The van der Waals surface area contributed by atoms with Crippen LogP contribution in [0, 0.1) is 38.7 Å². The summed E-state index contributed by atoms with van der Waals surface area (Å²) in [6.45, 7) is 42.9. The molecule has 33 heteroatoms. The number of nitrogens with two attached hydrogens (primary N) is 5. The van der Waals surface area contributed by atoms with Crippen LogP contribution in [0.5, 0.6) is 0 Å². The number of para-hydroxylation sites is 4. The molecule has 30 nitrogen and oxygen atoms in total.